The fourth-order valence-corrected chi connectivity index (χ4v) is 3.41. The van der Waals surface area contributed by atoms with Gasteiger partial charge in [-0.05, 0) is 26.8 Å². The van der Waals surface area contributed by atoms with Gasteiger partial charge in [0, 0.05) is 23.7 Å². The molecule has 0 aliphatic carbocycles. The van der Waals surface area contributed by atoms with Crippen molar-refractivity contribution >= 4 is 23.8 Å². The van der Waals surface area contributed by atoms with Gasteiger partial charge < -0.3 is 9.84 Å². The van der Waals surface area contributed by atoms with Gasteiger partial charge in [-0.25, -0.2) is 9.59 Å². The third-order valence-electron chi connectivity index (χ3n) is 2.86. The minimum Gasteiger partial charge on any atom is -0.480 e. The van der Waals surface area contributed by atoms with Crippen LogP contribution in [0.3, 0.4) is 0 Å². The Labute approximate surface area is 127 Å². The number of carboxylic acids is 1. The minimum atomic E-state index is -1.03. The second-order valence-electron chi connectivity index (χ2n) is 5.71. The van der Waals surface area contributed by atoms with Crippen LogP contribution in [0.15, 0.2) is 24.5 Å². The van der Waals surface area contributed by atoms with Crippen LogP contribution in [0, 0.1) is 0 Å². The number of nitrogens with zero attached hydrogens (tertiary/aromatic N) is 2. The molecule has 1 amide bonds. The number of ether oxygens (including phenoxy) is 1. The smallest absolute Gasteiger partial charge is 0.412 e. The van der Waals surface area contributed by atoms with E-state index in [1.807, 2.05) is 6.07 Å². The summed E-state index contributed by atoms with van der Waals surface area (Å²) >= 11 is 1.40. The molecular weight excluding hydrogens is 292 g/mol. The molecule has 1 aliphatic rings. The fourth-order valence-electron chi connectivity index (χ4n) is 2.01. The van der Waals surface area contributed by atoms with E-state index in [1.54, 1.807) is 39.2 Å². The Kier molecular flexibility index (Phi) is 4.41. The monoisotopic (exact) mass is 310 g/mol. The maximum atomic E-state index is 12.4. The summed E-state index contributed by atoms with van der Waals surface area (Å²) in [5, 5.41) is 8.92. The second kappa shape index (κ2) is 5.93. The number of carbonyl (C=O) groups excluding carboxylic acids is 1. The van der Waals surface area contributed by atoms with Crippen molar-refractivity contribution in [3.8, 4) is 0 Å². The first-order valence-electron chi connectivity index (χ1n) is 6.55. The van der Waals surface area contributed by atoms with Gasteiger partial charge >= 0.3 is 12.1 Å². The lowest BCUT2D eigenvalue weighted by Gasteiger charge is -2.30. The van der Waals surface area contributed by atoms with Crippen molar-refractivity contribution in [2.24, 2.45) is 0 Å². The Hall–Kier alpha value is -1.76. The summed E-state index contributed by atoms with van der Waals surface area (Å²) in [5.41, 5.74) is 0.115. The molecule has 1 saturated heterocycles. The number of carboxylic acid groups (broad SMARTS) is 1. The van der Waals surface area contributed by atoms with E-state index in [2.05, 4.69) is 4.98 Å². The molecule has 2 rings (SSSR count). The average Bonchev–Trinajstić information content (AvgIpc) is 2.82. The Morgan fingerprint density at radius 2 is 2.19 bits per heavy atom. The van der Waals surface area contributed by atoms with E-state index in [9.17, 15) is 14.7 Å². The van der Waals surface area contributed by atoms with Crippen molar-refractivity contribution in [2.75, 3.05) is 5.75 Å². The highest BCUT2D eigenvalue weighted by atomic mass is 32.2. The topological polar surface area (TPSA) is 79.7 Å². The van der Waals surface area contributed by atoms with Crippen molar-refractivity contribution in [1.82, 2.24) is 9.88 Å². The predicted molar refractivity (Wildman–Crippen MR) is 78.9 cm³/mol. The highest BCUT2D eigenvalue weighted by Crippen LogP contribution is 2.41. The number of rotatable bonds is 2. The molecule has 1 N–H and O–H groups in total. The zero-order valence-electron chi connectivity index (χ0n) is 12.1. The molecular formula is C14H18N2O4S. The van der Waals surface area contributed by atoms with E-state index in [-0.39, 0.29) is 0 Å². The quantitative estimate of drug-likeness (QED) is 0.904. The highest BCUT2D eigenvalue weighted by Gasteiger charge is 2.44. The summed E-state index contributed by atoms with van der Waals surface area (Å²) < 4.78 is 5.34. The van der Waals surface area contributed by atoms with Gasteiger partial charge in [-0.15, -0.1) is 11.8 Å². The third-order valence-corrected chi connectivity index (χ3v) is 4.18. The zero-order chi connectivity index (χ0) is 15.6. The van der Waals surface area contributed by atoms with Crippen LogP contribution in [0.1, 0.15) is 31.7 Å². The molecule has 1 aromatic rings. The van der Waals surface area contributed by atoms with Crippen molar-refractivity contribution in [1.29, 1.82) is 0 Å². The number of pyridine rings is 1. The number of aromatic nitrogens is 1. The first-order valence-corrected chi connectivity index (χ1v) is 7.60. The van der Waals surface area contributed by atoms with E-state index in [4.69, 9.17) is 4.74 Å². The average molecular weight is 310 g/mol. The van der Waals surface area contributed by atoms with Crippen LogP contribution in [0.25, 0.3) is 0 Å². The molecule has 1 unspecified atom stereocenters. The van der Waals surface area contributed by atoms with Gasteiger partial charge in [0.05, 0.1) is 0 Å². The van der Waals surface area contributed by atoms with Crippen molar-refractivity contribution in [3.63, 3.8) is 0 Å². The van der Waals surface area contributed by atoms with Crippen LogP contribution in [0.4, 0.5) is 4.79 Å². The molecule has 2 heterocycles. The van der Waals surface area contributed by atoms with Crippen LogP contribution >= 0.6 is 11.8 Å². The summed E-state index contributed by atoms with van der Waals surface area (Å²) in [7, 11) is 0. The third kappa shape index (κ3) is 3.66. The maximum absolute atomic E-state index is 12.4. The summed E-state index contributed by atoms with van der Waals surface area (Å²) in [6, 6.07) is 2.69. The summed E-state index contributed by atoms with van der Waals surface area (Å²) in [6.07, 6.45) is 2.66. The molecule has 0 aromatic carbocycles. The van der Waals surface area contributed by atoms with Crippen LogP contribution in [0.2, 0.25) is 0 Å². The van der Waals surface area contributed by atoms with Crippen LogP contribution in [0.5, 0.6) is 0 Å². The summed E-state index contributed by atoms with van der Waals surface area (Å²) in [6.45, 7) is 5.26. The molecule has 21 heavy (non-hydrogen) atoms. The van der Waals surface area contributed by atoms with Crippen molar-refractivity contribution in [3.05, 3.63) is 30.1 Å². The van der Waals surface area contributed by atoms with Gasteiger partial charge in [0.2, 0.25) is 0 Å². The van der Waals surface area contributed by atoms with Crippen molar-refractivity contribution < 1.29 is 19.4 Å². The molecule has 1 fully saturated rings. The van der Waals surface area contributed by atoms with Crippen LogP contribution in [-0.4, -0.2) is 44.4 Å². The van der Waals surface area contributed by atoms with Crippen LogP contribution < -0.4 is 0 Å². The van der Waals surface area contributed by atoms with Gasteiger partial charge in [0.25, 0.3) is 0 Å². The molecule has 114 valence electrons. The van der Waals surface area contributed by atoms with E-state index in [0.29, 0.717) is 5.75 Å². The number of aliphatic carboxylic acids is 1. The molecule has 1 aliphatic heterocycles. The first-order chi connectivity index (χ1) is 9.79. The van der Waals surface area contributed by atoms with E-state index in [0.717, 1.165) is 5.56 Å². The normalized spacial score (nSPS) is 22.1. The lowest BCUT2D eigenvalue weighted by atomic mass is 10.2. The molecule has 0 saturated carbocycles. The SMILES string of the molecule is CC(C)(C)OC(=O)N1C(c2cccnc2)SC[C@H]1C(=O)O. The van der Waals surface area contributed by atoms with Gasteiger partial charge in [-0.1, -0.05) is 6.07 Å². The maximum Gasteiger partial charge on any atom is 0.412 e. The molecule has 1 aromatic heterocycles. The molecule has 2 atom stereocenters. The minimum absolute atomic E-state index is 0.328. The largest absolute Gasteiger partial charge is 0.480 e. The van der Waals surface area contributed by atoms with E-state index >= 15 is 0 Å². The van der Waals surface area contributed by atoms with Crippen molar-refractivity contribution in [2.45, 2.75) is 37.8 Å². The number of hydrogen-bond acceptors (Lipinski definition) is 5. The first kappa shape index (κ1) is 15.6. The van der Waals surface area contributed by atoms with Gasteiger partial charge in [0.1, 0.15) is 17.0 Å². The van der Waals surface area contributed by atoms with Gasteiger partial charge in [-0.3, -0.25) is 9.88 Å². The van der Waals surface area contributed by atoms with Gasteiger partial charge in [0.15, 0.2) is 0 Å². The van der Waals surface area contributed by atoms with E-state index < -0.39 is 29.1 Å². The number of carbonyl (C=O) groups is 2. The summed E-state index contributed by atoms with van der Waals surface area (Å²) in [4.78, 5) is 29.1. The number of amides is 1. The Morgan fingerprint density at radius 3 is 2.71 bits per heavy atom. The second-order valence-corrected chi connectivity index (χ2v) is 6.83. The fraction of sp³-hybridized carbons (Fsp3) is 0.500. The lowest BCUT2D eigenvalue weighted by molar-refractivity contribution is -0.142. The molecule has 0 spiro atoms. The molecule has 6 nitrogen and oxygen atoms in total. The standard InChI is InChI=1S/C14H18N2O4S/c1-14(2,3)20-13(19)16-10(12(17)18)8-21-11(16)9-5-4-6-15-7-9/h4-7,10-11H,8H2,1-3H3,(H,17,18)/t10-,11?/m0/s1. The van der Waals surface area contributed by atoms with Crippen LogP contribution in [-0.2, 0) is 9.53 Å². The zero-order valence-corrected chi connectivity index (χ0v) is 13.0. The molecule has 0 radical (unpaired) electrons. The van der Waals surface area contributed by atoms with E-state index in [1.165, 1.54) is 16.7 Å². The number of hydrogen-bond donors (Lipinski definition) is 1. The Balaban J connectivity index is 2.29. The Morgan fingerprint density at radius 1 is 1.48 bits per heavy atom. The van der Waals surface area contributed by atoms with Gasteiger partial charge in [-0.2, -0.15) is 0 Å². The Bertz CT molecular complexity index is 530. The lowest BCUT2D eigenvalue weighted by Crippen LogP contribution is -2.45. The number of thioether (sulfide) groups is 1. The highest BCUT2D eigenvalue weighted by molar-refractivity contribution is 7.99. The summed E-state index contributed by atoms with van der Waals surface area (Å²) in [5.74, 6) is -0.700. The molecule has 7 heteroatoms. The molecule has 0 bridgehead atoms. The predicted octanol–water partition coefficient (Wildman–Crippen LogP) is 2.52.